The van der Waals surface area contributed by atoms with E-state index in [1.54, 1.807) is 24.3 Å². The molecule has 2 N–H and O–H groups in total. The van der Waals surface area contributed by atoms with Crippen molar-refractivity contribution in [3.8, 4) is 6.07 Å². The number of carbonyl (C=O) groups excluding carboxylic acids is 2. The van der Waals surface area contributed by atoms with Gasteiger partial charge >= 0.3 is 0 Å². The van der Waals surface area contributed by atoms with E-state index >= 15 is 0 Å². The highest BCUT2D eigenvalue weighted by Gasteiger charge is 2.29. The molecule has 0 bridgehead atoms. The maximum atomic E-state index is 12.2. The first-order chi connectivity index (χ1) is 13.1. The van der Waals surface area contributed by atoms with Crippen LogP contribution in [0.25, 0.3) is 0 Å². The van der Waals surface area contributed by atoms with Crippen molar-refractivity contribution in [2.75, 3.05) is 11.1 Å². The molecule has 1 atom stereocenters. The minimum Gasteiger partial charge on any atom is -0.324 e. The van der Waals surface area contributed by atoms with Crippen LogP contribution < -0.4 is 10.6 Å². The molecule has 1 heterocycles. The lowest BCUT2D eigenvalue weighted by molar-refractivity contribution is -0.121. The molecule has 7 heteroatoms. The average molecular weight is 398 g/mol. The molecule has 2 aromatic carbocycles. The van der Waals surface area contributed by atoms with Gasteiger partial charge in [-0.1, -0.05) is 65.8 Å². The fraction of sp³-hybridized carbons (Fsp3) is 0.150. The number of rotatable bonds is 5. The van der Waals surface area contributed by atoms with Gasteiger partial charge in [0.25, 0.3) is 0 Å². The summed E-state index contributed by atoms with van der Waals surface area (Å²) in [7, 11) is 0. The molecule has 0 saturated heterocycles. The molecular weight excluding hydrogens is 382 g/mol. The summed E-state index contributed by atoms with van der Waals surface area (Å²) in [5, 5.41) is 16.0. The predicted octanol–water partition coefficient (Wildman–Crippen LogP) is 4.05. The summed E-state index contributed by atoms with van der Waals surface area (Å²) in [6.07, 6.45) is 0.211. The summed E-state index contributed by atoms with van der Waals surface area (Å²) < 4.78 is 0. The number of halogens is 1. The largest absolute Gasteiger partial charge is 0.324 e. The molecular formula is C20H16ClN3O2S. The van der Waals surface area contributed by atoms with Crippen molar-refractivity contribution in [3.05, 3.63) is 75.8 Å². The van der Waals surface area contributed by atoms with Gasteiger partial charge in [0.15, 0.2) is 0 Å². The molecule has 2 amide bonds. The van der Waals surface area contributed by atoms with Crippen molar-refractivity contribution >= 4 is 40.9 Å². The fourth-order valence-electron chi connectivity index (χ4n) is 2.79. The van der Waals surface area contributed by atoms with Gasteiger partial charge in [-0.2, -0.15) is 5.26 Å². The second-order valence-electron chi connectivity index (χ2n) is 5.89. The maximum absolute atomic E-state index is 12.2. The lowest BCUT2D eigenvalue weighted by Crippen LogP contribution is -2.31. The molecule has 136 valence electrons. The summed E-state index contributed by atoms with van der Waals surface area (Å²) in [6, 6.07) is 18.6. The minimum atomic E-state index is -0.306. The minimum absolute atomic E-state index is 0.0491. The van der Waals surface area contributed by atoms with Gasteiger partial charge in [0.1, 0.15) is 0 Å². The number of nitriles is 1. The van der Waals surface area contributed by atoms with Crippen LogP contribution in [-0.2, 0) is 9.59 Å². The summed E-state index contributed by atoms with van der Waals surface area (Å²) in [4.78, 5) is 24.3. The van der Waals surface area contributed by atoms with Gasteiger partial charge in [-0.05, 0) is 17.7 Å². The van der Waals surface area contributed by atoms with Crippen molar-refractivity contribution in [1.29, 1.82) is 5.26 Å². The molecule has 0 aliphatic carbocycles. The van der Waals surface area contributed by atoms with E-state index in [1.165, 1.54) is 0 Å². The molecule has 0 fully saturated rings. The second kappa shape index (κ2) is 8.76. The maximum Gasteiger partial charge on any atom is 0.234 e. The molecule has 0 spiro atoms. The standard InChI is InChI=1S/C20H16ClN3O2S/c21-16-8-4-5-9-17(16)23-19(26)12-27-20-15(11-22)14(10-18(25)24-20)13-6-2-1-3-7-13/h1-9,14H,10,12H2,(H,23,26)(H,24,25)/t14-/m1/s1. The molecule has 2 aromatic rings. The highest BCUT2D eigenvalue weighted by atomic mass is 35.5. The fourth-order valence-corrected chi connectivity index (χ4v) is 3.85. The number of amides is 2. The van der Waals surface area contributed by atoms with Gasteiger partial charge in [-0.25, -0.2) is 0 Å². The number of thioether (sulfide) groups is 1. The number of hydrogen-bond donors (Lipinski definition) is 2. The first-order valence-corrected chi connectivity index (χ1v) is 9.61. The molecule has 0 unspecified atom stereocenters. The lowest BCUT2D eigenvalue weighted by Gasteiger charge is -2.25. The van der Waals surface area contributed by atoms with E-state index in [-0.39, 0.29) is 29.9 Å². The van der Waals surface area contributed by atoms with E-state index in [9.17, 15) is 14.9 Å². The number of carbonyl (C=O) groups is 2. The predicted molar refractivity (Wildman–Crippen MR) is 107 cm³/mol. The Bertz CT molecular complexity index is 938. The van der Waals surface area contributed by atoms with Crippen LogP contribution in [0.2, 0.25) is 5.02 Å². The van der Waals surface area contributed by atoms with Gasteiger partial charge in [0.05, 0.1) is 33.1 Å². The van der Waals surface area contributed by atoms with E-state index in [0.717, 1.165) is 17.3 Å². The highest BCUT2D eigenvalue weighted by Crippen LogP contribution is 2.35. The van der Waals surface area contributed by atoms with Crippen molar-refractivity contribution < 1.29 is 9.59 Å². The van der Waals surface area contributed by atoms with E-state index < -0.39 is 0 Å². The topological polar surface area (TPSA) is 82.0 Å². The van der Waals surface area contributed by atoms with Crippen LogP contribution in [-0.4, -0.2) is 17.6 Å². The number of hydrogen-bond acceptors (Lipinski definition) is 4. The quantitative estimate of drug-likeness (QED) is 0.797. The third-order valence-electron chi connectivity index (χ3n) is 4.05. The van der Waals surface area contributed by atoms with E-state index in [0.29, 0.717) is 21.3 Å². The Morgan fingerprint density at radius 1 is 1.22 bits per heavy atom. The van der Waals surface area contributed by atoms with Gasteiger partial charge in [0, 0.05) is 12.3 Å². The molecule has 27 heavy (non-hydrogen) atoms. The first-order valence-electron chi connectivity index (χ1n) is 8.24. The first kappa shape index (κ1) is 19.0. The number of allylic oxidation sites excluding steroid dienone is 1. The van der Waals surface area contributed by atoms with Gasteiger partial charge in [-0.3, -0.25) is 9.59 Å². The van der Waals surface area contributed by atoms with Crippen LogP contribution in [0.4, 0.5) is 5.69 Å². The normalized spacial score (nSPS) is 16.4. The lowest BCUT2D eigenvalue weighted by atomic mass is 9.87. The Kier molecular flexibility index (Phi) is 6.17. The number of para-hydroxylation sites is 1. The number of nitrogens with zero attached hydrogens (tertiary/aromatic N) is 1. The smallest absolute Gasteiger partial charge is 0.234 e. The van der Waals surface area contributed by atoms with Crippen LogP contribution in [0.1, 0.15) is 17.9 Å². The van der Waals surface area contributed by atoms with Crippen LogP contribution >= 0.6 is 23.4 Å². The van der Waals surface area contributed by atoms with E-state index in [4.69, 9.17) is 11.6 Å². The second-order valence-corrected chi connectivity index (χ2v) is 7.28. The zero-order valence-electron chi connectivity index (χ0n) is 14.2. The molecule has 0 saturated carbocycles. The molecule has 5 nitrogen and oxygen atoms in total. The van der Waals surface area contributed by atoms with Gasteiger partial charge in [-0.15, -0.1) is 0 Å². The Labute approximate surface area is 166 Å². The van der Waals surface area contributed by atoms with E-state index in [1.807, 2.05) is 30.3 Å². The van der Waals surface area contributed by atoms with Crippen molar-refractivity contribution in [2.45, 2.75) is 12.3 Å². The SMILES string of the molecule is N#CC1=C(SCC(=O)Nc2ccccc2Cl)NC(=O)C[C@@H]1c1ccccc1. The van der Waals surface area contributed by atoms with Crippen LogP contribution in [0.15, 0.2) is 65.2 Å². The van der Waals surface area contributed by atoms with Gasteiger partial charge in [0.2, 0.25) is 11.8 Å². The highest BCUT2D eigenvalue weighted by molar-refractivity contribution is 8.03. The summed E-state index contributed by atoms with van der Waals surface area (Å²) >= 11 is 7.17. The van der Waals surface area contributed by atoms with Crippen LogP contribution in [0.5, 0.6) is 0 Å². The zero-order valence-corrected chi connectivity index (χ0v) is 15.8. The average Bonchev–Trinajstić information content (AvgIpc) is 2.68. The number of benzene rings is 2. The van der Waals surface area contributed by atoms with E-state index in [2.05, 4.69) is 16.7 Å². The molecule has 0 radical (unpaired) electrons. The summed E-state index contributed by atoms with van der Waals surface area (Å²) in [5.41, 5.74) is 1.90. The Hall–Kier alpha value is -2.75. The molecule has 1 aliphatic heterocycles. The van der Waals surface area contributed by atoms with Crippen LogP contribution in [0.3, 0.4) is 0 Å². The summed E-state index contributed by atoms with van der Waals surface area (Å²) in [6.45, 7) is 0. The van der Waals surface area contributed by atoms with Crippen molar-refractivity contribution in [2.24, 2.45) is 0 Å². The third-order valence-corrected chi connectivity index (χ3v) is 5.40. The Morgan fingerprint density at radius 2 is 1.93 bits per heavy atom. The number of nitrogens with one attached hydrogen (secondary N) is 2. The zero-order chi connectivity index (χ0) is 19.2. The molecule has 0 aromatic heterocycles. The third kappa shape index (κ3) is 4.70. The van der Waals surface area contributed by atoms with Gasteiger partial charge < -0.3 is 10.6 Å². The monoisotopic (exact) mass is 397 g/mol. The van der Waals surface area contributed by atoms with Crippen molar-refractivity contribution in [3.63, 3.8) is 0 Å². The summed E-state index contributed by atoms with van der Waals surface area (Å²) in [5.74, 6) is -0.696. The van der Waals surface area contributed by atoms with Crippen LogP contribution in [0, 0.1) is 11.3 Å². The molecule has 3 rings (SSSR count). The molecule has 1 aliphatic rings. The Morgan fingerprint density at radius 3 is 2.63 bits per heavy atom. The van der Waals surface area contributed by atoms with Crippen molar-refractivity contribution in [1.82, 2.24) is 5.32 Å². The number of anilines is 1. The Balaban J connectivity index is 1.74.